The van der Waals surface area contributed by atoms with Gasteiger partial charge in [0.1, 0.15) is 12.4 Å². The zero-order valence-electron chi connectivity index (χ0n) is 10.7. The van der Waals surface area contributed by atoms with Crippen molar-refractivity contribution < 1.29 is 9.84 Å². The molecule has 0 fully saturated rings. The lowest BCUT2D eigenvalue weighted by molar-refractivity contribution is 0.301. The Balaban J connectivity index is 2.10. The van der Waals surface area contributed by atoms with Crippen LogP contribution in [0.1, 0.15) is 13.8 Å². The predicted molar refractivity (Wildman–Crippen MR) is 72.0 cm³/mol. The first-order chi connectivity index (χ1) is 8.66. The molecular weight excluding hydrogens is 228 g/mol. The molecule has 1 aromatic carbocycles. The summed E-state index contributed by atoms with van der Waals surface area (Å²) in [5.41, 5.74) is 0. The van der Waals surface area contributed by atoms with Gasteiger partial charge in [0.25, 0.3) is 0 Å². The number of hydrogen-bond donors (Lipinski definition) is 2. The largest absolute Gasteiger partial charge is 0.508 e. The smallest absolute Gasteiger partial charge is 0.221 e. The van der Waals surface area contributed by atoms with E-state index in [1.165, 1.54) is 0 Å². The van der Waals surface area contributed by atoms with E-state index < -0.39 is 0 Å². The summed E-state index contributed by atoms with van der Waals surface area (Å²) in [6, 6.07) is 7.53. The van der Waals surface area contributed by atoms with Crippen molar-refractivity contribution in [2.24, 2.45) is 0 Å². The minimum atomic E-state index is 0.223. The number of aromatic hydroxyl groups is 1. The van der Waals surface area contributed by atoms with Crippen molar-refractivity contribution >= 4 is 10.8 Å². The fraction of sp³-hybridized carbons (Fsp3) is 0.357. The van der Waals surface area contributed by atoms with Crippen LogP contribution in [0.25, 0.3) is 10.8 Å². The van der Waals surface area contributed by atoms with E-state index in [-0.39, 0.29) is 5.75 Å². The van der Waals surface area contributed by atoms with E-state index in [1.54, 1.807) is 18.3 Å². The second-order valence-corrected chi connectivity index (χ2v) is 4.48. The fourth-order valence-corrected chi connectivity index (χ4v) is 1.74. The van der Waals surface area contributed by atoms with Gasteiger partial charge in [-0.15, -0.1) is 0 Å². The minimum absolute atomic E-state index is 0.223. The molecule has 0 radical (unpaired) electrons. The SMILES string of the molecule is CC(C)NCCOc1nccc2ccc(O)cc12. The molecule has 0 spiro atoms. The third kappa shape index (κ3) is 3.11. The molecule has 4 heteroatoms. The molecule has 96 valence electrons. The molecule has 1 heterocycles. The maximum Gasteiger partial charge on any atom is 0.221 e. The maximum absolute atomic E-state index is 9.50. The number of aromatic nitrogens is 1. The van der Waals surface area contributed by atoms with Crippen molar-refractivity contribution in [1.29, 1.82) is 0 Å². The van der Waals surface area contributed by atoms with Gasteiger partial charge in [0.2, 0.25) is 5.88 Å². The number of hydrogen-bond acceptors (Lipinski definition) is 4. The fourth-order valence-electron chi connectivity index (χ4n) is 1.74. The molecule has 0 aliphatic carbocycles. The van der Waals surface area contributed by atoms with E-state index in [9.17, 15) is 5.11 Å². The number of benzene rings is 1. The molecule has 0 aliphatic heterocycles. The van der Waals surface area contributed by atoms with Crippen LogP contribution in [-0.2, 0) is 0 Å². The summed E-state index contributed by atoms with van der Waals surface area (Å²) in [5, 5.41) is 14.6. The van der Waals surface area contributed by atoms with Gasteiger partial charge in [0.05, 0.1) is 0 Å². The van der Waals surface area contributed by atoms with Crippen molar-refractivity contribution in [3.05, 3.63) is 30.5 Å². The molecule has 2 rings (SSSR count). The highest BCUT2D eigenvalue weighted by Crippen LogP contribution is 2.26. The van der Waals surface area contributed by atoms with Gasteiger partial charge in [0, 0.05) is 24.2 Å². The maximum atomic E-state index is 9.50. The van der Waals surface area contributed by atoms with E-state index in [0.717, 1.165) is 17.3 Å². The Hall–Kier alpha value is -1.81. The Kier molecular flexibility index (Phi) is 3.99. The molecule has 0 amide bonds. The Bertz CT molecular complexity index is 526. The van der Waals surface area contributed by atoms with Crippen LogP contribution in [0, 0.1) is 0 Å². The van der Waals surface area contributed by atoms with Gasteiger partial charge in [0.15, 0.2) is 0 Å². The number of ether oxygens (including phenoxy) is 1. The van der Waals surface area contributed by atoms with Crippen LogP contribution in [0.3, 0.4) is 0 Å². The Morgan fingerprint density at radius 2 is 2.17 bits per heavy atom. The Morgan fingerprint density at radius 3 is 2.94 bits per heavy atom. The standard InChI is InChI=1S/C14H18N2O2/c1-10(2)15-7-8-18-14-13-9-12(17)4-3-11(13)5-6-16-14/h3-6,9-10,15,17H,7-8H2,1-2H3. The highest BCUT2D eigenvalue weighted by atomic mass is 16.5. The van der Waals surface area contributed by atoms with Crippen LogP contribution in [0.15, 0.2) is 30.5 Å². The monoisotopic (exact) mass is 246 g/mol. The first-order valence-corrected chi connectivity index (χ1v) is 6.11. The van der Waals surface area contributed by atoms with Gasteiger partial charge in [-0.2, -0.15) is 0 Å². The van der Waals surface area contributed by atoms with E-state index in [1.807, 2.05) is 12.1 Å². The van der Waals surface area contributed by atoms with E-state index >= 15 is 0 Å². The lowest BCUT2D eigenvalue weighted by Gasteiger charge is -2.10. The third-order valence-electron chi connectivity index (χ3n) is 2.61. The summed E-state index contributed by atoms with van der Waals surface area (Å²) >= 11 is 0. The minimum Gasteiger partial charge on any atom is -0.508 e. The molecule has 1 aromatic heterocycles. The zero-order chi connectivity index (χ0) is 13.0. The highest BCUT2D eigenvalue weighted by Gasteiger charge is 2.04. The molecule has 0 saturated carbocycles. The average Bonchev–Trinajstić information content (AvgIpc) is 2.34. The molecule has 2 N–H and O–H groups in total. The lowest BCUT2D eigenvalue weighted by Crippen LogP contribution is -2.27. The van der Waals surface area contributed by atoms with E-state index in [2.05, 4.69) is 24.1 Å². The summed E-state index contributed by atoms with van der Waals surface area (Å²) in [7, 11) is 0. The number of nitrogens with zero attached hydrogens (tertiary/aromatic N) is 1. The van der Waals surface area contributed by atoms with Crippen LogP contribution >= 0.6 is 0 Å². The number of phenolic OH excluding ortho intramolecular Hbond substituents is 1. The van der Waals surface area contributed by atoms with Crippen LogP contribution in [-0.4, -0.2) is 29.3 Å². The van der Waals surface area contributed by atoms with Gasteiger partial charge in [-0.1, -0.05) is 19.9 Å². The number of rotatable bonds is 5. The van der Waals surface area contributed by atoms with Crippen molar-refractivity contribution in [3.8, 4) is 11.6 Å². The molecule has 2 aromatic rings. The van der Waals surface area contributed by atoms with Gasteiger partial charge in [-0.3, -0.25) is 0 Å². The van der Waals surface area contributed by atoms with Crippen LogP contribution in [0.4, 0.5) is 0 Å². The van der Waals surface area contributed by atoms with Gasteiger partial charge in [-0.25, -0.2) is 4.98 Å². The first kappa shape index (κ1) is 12.6. The highest BCUT2D eigenvalue weighted by molar-refractivity contribution is 5.87. The summed E-state index contributed by atoms with van der Waals surface area (Å²) in [6.45, 7) is 5.51. The van der Waals surface area contributed by atoms with Crippen LogP contribution < -0.4 is 10.1 Å². The molecular formula is C14H18N2O2. The average molecular weight is 246 g/mol. The molecule has 18 heavy (non-hydrogen) atoms. The van der Waals surface area contributed by atoms with Crippen molar-refractivity contribution in [2.45, 2.75) is 19.9 Å². The van der Waals surface area contributed by atoms with Gasteiger partial charge >= 0.3 is 0 Å². The summed E-state index contributed by atoms with van der Waals surface area (Å²) in [5.74, 6) is 0.787. The van der Waals surface area contributed by atoms with Crippen LogP contribution in [0.2, 0.25) is 0 Å². The number of fused-ring (bicyclic) bond motifs is 1. The van der Waals surface area contributed by atoms with Gasteiger partial charge in [-0.05, 0) is 23.6 Å². The topological polar surface area (TPSA) is 54.4 Å². The molecule has 0 aliphatic rings. The lowest BCUT2D eigenvalue weighted by atomic mass is 10.1. The Labute approximate surface area is 107 Å². The zero-order valence-corrected chi connectivity index (χ0v) is 10.7. The number of phenols is 1. The molecule has 0 unspecified atom stereocenters. The summed E-state index contributed by atoms with van der Waals surface area (Å²) in [6.07, 6.45) is 1.71. The number of nitrogens with one attached hydrogen (secondary N) is 1. The van der Waals surface area contributed by atoms with Crippen molar-refractivity contribution in [2.75, 3.05) is 13.2 Å². The van der Waals surface area contributed by atoms with Crippen LogP contribution in [0.5, 0.6) is 11.6 Å². The van der Waals surface area contributed by atoms with E-state index in [4.69, 9.17) is 4.74 Å². The van der Waals surface area contributed by atoms with E-state index in [0.29, 0.717) is 18.5 Å². The molecule has 0 bridgehead atoms. The summed E-state index contributed by atoms with van der Waals surface area (Å²) in [4.78, 5) is 4.20. The Morgan fingerprint density at radius 1 is 1.33 bits per heavy atom. The number of pyridine rings is 1. The predicted octanol–water partition coefficient (Wildman–Crippen LogP) is 2.32. The quantitative estimate of drug-likeness (QED) is 0.795. The molecule has 4 nitrogen and oxygen atoms in total. The van der Waals surface area contributed by atoms with Gasteiger partial charge < -0.3 is 15.2 Å². The van der Waals surface area contributed by atoms with Crippen molar-refractivity contribution in [3.63, 3.8) is 0 Å². The molecule has 0 saturated heterocycles. The second-order valence-electron chi connectivity index (χ2n) is 4.48. The van der Waals surface area contributed by atoms with Crippen molar-refractivity contribution in [1.82, 2.24) is 10.3 Å². The second kappa shape index (κ2) is 5.69. The normalized spacial score (nSPS) is 11.1. The third-order valence-corrected chi connectivity index (χ3v) is 2.61. The molecule has 0 atom stereocenters. The summed E-state index contributed by atoms with van der Waals surface area (Å²) < 4.78 is 5.64. The first-order valence-electron chi connectivity index (χ1n) is 6.11.